The number of fused-ring (bicyclic) bond motifs is 1. The minimum Gasteiger partial charge on any atom is -0.385 e. The zero-order chi connectivity index (χ0) is 21.2. The molecule has 0 unspecified atom stereocenters. The van der Waals surface area contributed by atoms with Gasteiger partial charge in [0.15, 0.2) is 11.5 Å². The third-order valence-corrected chi connectivity index (χ3v) is 5.18. The number of benzene rings is 1. The van der Waals surface area contributed by atoms with Crippen LogP contribution in [0.4, 0.5) is 11.6 Å². The Balaban J connectivity index is 1.41. The average molecular weight is 411 g/mol. The number of aliphatic hydroxyl groups is 1. The minimum atomic E-state index is -0.737. The van der Waals surface area contributed by atoms with E-state index in [2.05, 4.69) is 25.6 Å². The first kappa shape index (κ1) is 19.0. The normalized spacial score (nSPS) is 12.2. The van der Waals surface area contributed by atoms with Gasteiger partial charge in [-0.3, -0.25) is 9.08 Å². The first-order chi connectivity index (χ1) is 15.2. The van der Waals surface area contributed by atoms with E-state index < -0.39 is 6.10 Å². The molecular formula is C23H21N7O. The molecule has 1 aromatic carbocycles. The van der Waals surface area contributed by atoms with Crippen molar-refractivity contribution in [2.75, 3.05) is 5.32 Å². The summed E-state index contributed by atoms with van der Waals surface area (Å²) in [4.78, 5) is 4.39. The van der Waals surface area contributed by atoms with Gasteiger partial charge in [-0.15, -0.1) is 10.2 Å². The Kier molecular flexibility index (Phi) is 4.89. The van der Waals surface area contributed by atoms with Crippen molar-refractivity contribution in [3.8, 4) is 11.1 Å². The predicted octanol–water partition coefficient (Wildman–Crippen LogP) is 3.54. The fraction of sp³-hybridized carbons (Fsp3) is 0.130. The quantitative estimate of drug-likeness (QED) is 0.444. The van der Waals surface area contributed by atoms with Crippen LogP contribution in [0, 0.1) is 0 Å². The number of pyridine rings is 2. The lowest BCUT2D eigenvalue weighted by Gasteiger charge is -2.10. The summed E-state index contributed by atoms with van der Waals surface area (Å²) in [6.45, 7) is 0. The molecule has 4 heterocycles. The molecule has 0 saturated carbocycles. The van der Waals surface area contributed by atoms with Gasteiger partial charge in [0.25, 0.3) is 0 Å². The Hall–Kier alpha value is -4.04. The molecule has 5 aromatic rings. The fourth-order valence-electron chi connectivity index (χ4n) is 3.55. The molecule has 0 aliphatic rings. The van der Waals surface area contributed by atoms with Crippen molar-refractivity contribution < 1.29 is 5.11 Å². The summed E-state index contributed by atoms with van der Waals surface area (Å²) in [5, 5.41) is 26.6. The van der Waals surface area contributed by atoms with Crippen molar-refractivity contribution >= 4 is 17.3 Å². The summed E-state index contributed by atoms with van der Waals surface area (Å²) in [6.07, 6.45) is 5.13. The summed E-state index contributed by atoms with van der Waals surface area (Å²) in [5.74, 6) is 2.11. The number of hydrogen-bond donors (Lipinski definition) is 2. The largest absolute Gasteiger partial charge is 0.385 e. The van der Waals surface area contributed by atoms with Crippen LogP contribution in [0.1, 0.15) is 17.5 Å². The Morgan fingerprint density at radius 2 is 1.81 bits per heavy atom. The third kappa shape index (κ3) is 3.88. The molecule has 2 N–H and O–H groups in total. The first-order valence-electron chi connectivity index (χ1n) is 9.95. The molecule has 0 radical (unpaired) electrons. The van der Waals surface area contributed by atoms with Gasteiger partial charge in [0.2, 0.25) is 0 Å². The van der Waals surface area contributed by atoms with Crippen molar-refractivity contribution in [3.05, 3.63) is 90.6 Å². The van der Waals surface area contributed by atoms with Crippen LogP contribution in [0.3, 0.4) is 0 Å². The molecule has 154 valence electrons. The van der Waals surface area contributed by atoms with Crippen LogP contribution in [0.15, 0.2) is 79.3 Å². The van der Waals surface area contributed by atoms with E-state index >= 15 is 0 Å². The van der Waals surface area contributed by atoms with E-state index in [0.717, 1.165) is 28.3 Å². The van der Waals surface area contributed by atoms with Gasteiger partial charge in [0.05, 0.1) is 6.20 Å². The van der Waals surface area contributed by atoms with E-state index in [1.54, 1.807) is 17.1 Å². The van der Waals surface area contributed by atoms with E-state index in [1.165, 1.54) is 0 Å². The van der Waals surface area contributed by atoms with Crippen molar-refractivity contribution in [1.29, 1.82) is 0 Å². The molecule has 0 spiro atoms. The zero-order valence-corrected chi connectivity index (χ0v) is 16.9. The monoisotopic (exact) mass is 411 g/mol. The number of aromatic nitrogens is 6. The van der Waals surface area contributed by atoms with Gasteiger partial charge in [-0.25, -0.2) is 4.98 Å². The lowest BCUT2D eigenvalue weighted by Crippen LogP contribution is -2.06. The molecule has 4 aromatic heterocycles. The van der Waals surface area contributed by atoms with Gasteiger partial charge in [-0.1, -0.05) is 30.3 Å². The molecule has 0 aliphatic heterocycles. The molecule has 0 saturated heterocycles. The number of anilines is 2. The molecular weight excluding hydrogens is 390 g/mol. The van der Waals surface area contributed by atoms with Gasteiger partial charge < -0.3 is 10.4 Å². The lowest BCUT2D eigenvalue weighted by atomic mass is 10.1. The van der Waals surface area contributed by atoms with Crippen LogP contribution >= 0.6 is 0 Å². The Bertz CT molecular complexity index is 1330. The van der Waals surface area contributed by atoms with Crippen molar-refractivity contribution in [2.45, 2.75) is 12.5 Å². The van der Waals surface area contributed by atoms with E-state index in [-0.39, 0.29) is 0 Å². The van der Waals surface area contributed by atoms with Gasteiger partial charge in [0.1, 0.15) is 17.7 Å². The predicted molar refractivity (Wildman–Crippen MR) is 118 cm³/mol. The van der Waals surface area contributed by atoms with E-state index in [0.29, 0.717) is 17.9 Å². The van der Waals surface area contributed by atoms with E-state index in [9.17, 15) is 5.11 Å². The Morgan fingerprint density at radius 1 is 0.968 bits per heavy atom. The number of nitrogens with zero attached hydrogens (tertiary/aromatic N) is 6. The van der Waals surface area contributed by atoms with Gasteiger partial charge in [-0.05, 0) is 41.0 Å². The maximum absolute atomic E-state index is 10.7. The van der Waals surface area contributed by atoms with Gasteiger partial charge >= 0.3 is 0 Å². The number of aliphatic hydroxyl groups excluding tert-OH is 1. The van der Waals surface area contributed by atoms with Crippen molar-refractivity contribution in [3.63, 3.8) is 0 Å². The maximum atomic E-state index is 10.7. The molecule has 0 bridgehead atoms. The first-order valence-corrected chi connectivity index (χ1v) is 9.95. The van der Waals surface area contributed by atoms with Crippen LogP contribution in [0.5, 0.6) is 0 Å². The highest BCUT2D eigenvalue weighted by atomic mass is 16.3. The molecule has 5 rings (SSSR count). The van der Waals surface area contributed by atoms with Crippen molar-refractivity contribution in [2.24, 2.45) is 7.05 Å². The highest BCUT2D eigenvalue weighted by Gasteiger charge is 2.16. The topological polar surface area (TPSA) is 93.2 Å². The molecule has 0 aliphatic carbocycles. The van der Waals surface area contributed by atoms with Crippen LogP contribution in [-0.2, 0) is 13.5 Å². The number of nitrogens with one attached hydrogen (secondary N) is 1. The molecule has 0 fully saturated rings. The molecule has 8 heteroatoms. The molecule has 8 nitrogen and oxygen atoms in total. The average Bonchev–Trinajstić information content (AvgIpc) is 3.40. The van der Waals surface area contributed by atoms with Crippen LogP contribution in [0.2, 0.25) is 0 Å². The standard InChI is InChI=1S/C23H21N7O/c1-29-21(8-11-25-29)26-20-14-17(7-10-24-20)18-9-12-30-22(15-18)27-28-23(30)19(31)13-16-5-3-2-4-6-16/h2-12,14-15,19,31H,13H2,1H3,(H,24,26)/t19-/m1/s1. The second-order valence-electron chi connectivity index (χ2n) is 7.30. The number of hydrogen-bond acceptors (Lipinski definition) is 6. The zero-order valence-electron chi connectivity index (χ0n) is 16.9. The highest BCUT2D eigenvalue weighted by Crippen LogP contribution is 2.25. The van der Waals surface area contributed by atoms with Crippen LogP contribution < -0.4 is 5.32 Å². The molecule has 1 atom stereocenters. The number of aryl methyl sites for hydroxylation is 1. The second-order valence-corrected chi connectivity index (χ2v) is 7.30. The van der Waals surface area contributed by atoms with E-state index in [4.69, 9.17) is 0 Å². The Morgan fingerprint density at radius 3 is 2.61 bits per heavy atom. The summed E-state index contributed by atoms with van der Waals surface area (Å²) in [6, 6.07) is 19.6. The van der Waals surface area contributed by atoms with Crippen LogP contribution in [0.25, 0.3) is 16.8 Å². The SMILES string of the molecule is Cn1nccc1Nc1cc(-c2ccn3c([C@H](O)Cc4ccccc4)nnc3c2)ccn1. The van der Waals surface area contributed by atoms with Gasteiger partial charge in [-0.2, -0.15) is 5.10 Å². The third-order valence-electron chi connectivity index (χ3n) is 5.18. The summed E-state index contributed by atoms with van der Waals surface area (Å²) in [5.41, 5.74) is 3.71. The summed E-state index contributed by atoms with van der Waals surface area (Å²) in [7, 11) is 1.87. The Labute approximate surface area is 178 Å². The van der Waals surface area contributed by atoms with Gasteiger partial charge in [0, 0.05) is 31.9 Å². The molecule has 0 amide bonds. The highest BCUT2D eigenvalue weighted by molar-refractivity contribution is 5.70. The number of rotatable bonds is 6. The van der Waals surface area contributed by atoms with Crippen molar-refractivity contribution in [1.82, 2.24) is 29.4 Å². The summed E-state index contributed by atoms with van der Waals surface area (Å²) >= 11 is 0. The van der Waals surface area contributed by atoms with E-state index in [1.807, 2.05) is 78.3 Å². The second kappa shape index (κ2) is 8.00. The molecule has 31 heavy (non-hydrogen) atoms. The minimum absolute atomic E-state index is 0.483. The smallest absolute Gasteiger partial charge is 0.166 e. The van der Waals surface area contributed by atoms with Crippen LogP contribution in [-0.4, -0.2) is 34.5 Å². The lowest BCUT2D eigenvalue weighted by molar-refractivity contribution is 0.167. The maximum Gasteiger partial charge on any atom is 0.166 e. The fourth-order valence-corrected chi connectivity index (χ4v) is 3.55. The summed E-state index contributed by atoms with van der Waals surface area (Å²) < 4.78 is 3.58.